The zero-order valence-electron chi connectivity index (χ0n) is 4.42. The van der Waals surface area contributed by atoms with Crippen molar-refractivity contribution in [3.05, 3.63) is 0 Å². The van der Waals surface area contributed by atoms with E-state index < -0.39 is 19.5 Å². The first kappa shape index (κ1) is 9.24. The van der Waals surface area contributed by atoms with Crippen LogP contribution in [0.4, 0.5) is 13.2 Å². The summed E-state index contributed by atoms with van der Waals surface area (Å²) in [6.45, 7) is 0. The molecule has 2 N–H and O–H groups in total. The number of halogens is 3. The Morgan fingerprint density at radius 1 is 1.40 bits per heavy atom. The van der Waals surface area contributed by atoms with Crippen LogP contribution in [0.15, 0.2) is 0 Å². The molecule has 0 aliphatic rings. The molecule has 0 atom stereocenters. The molecule has 0 aromatic rings. The highest BCUT2D eigenvalue weighted by molar-refractivity contribution is 6.35. The Morgan fingerprint density at radius 2 is 1.80 bits per heavy atom. The summed E-state index contributed by atoms with van der Waals surface area (Å²) in [5.41, 5.74) is 0. The van der Waals surface area contributed by atoms with Gasteiger partial charge in [-0.2, -0.15) is 13.2 Å². The van der Waals surface area contributed by atoms with E-state index in [-0.39, 0.29) is 0 Å². The molecule has 0 spiro atoms. The third kappa shape index (κ3) is 3.31. The van der Waals surface area contributed by atoms with E-state index in [4.69, 9.17) is 10.0 Å². The van der Waals surface area contributed by atoms with Crippen molar-refractivity contribution in [3.8, 4) is 0 Å². The minimum absolute atomic E-state index is 2.64. The van der Waals surface area contributed by atoms with E-state index in [0.717, 1.165) is 0 Å². The van der Waals surface area contributed by atoms with Gasteiger partial charge >= 0.3 is 19.5 Å². The molecule has 0 rings (SSSR count). The van der Waals surface area contributed by atoms with E-state index in [0.29, 0.717) is 0 Å². The molecular formula is C2H2BF3O4. The highest BCUT2D eigenvalue weighted by atomic mass is 19.4. The standard InChI is InChI=1S/C2H2BF3O4/c4-2(5,6)1(7)10-3(8)9/h8-9H. The molecule has 0 aliphatic carbocycles. The van der Waals surface area contributed by atoms with E-state index in [1.54, 1.807) is 0 Å². The van der Waals surface area contributed by atoms with Gasteiger partial charge < -0.3 is 14.7 Å². The highest BCUT2D eigenvalue weighted by Crippen LogP contribution is 2.16. The lowest BCUT2D eigenvalue weighted by atomic mass is 10.3. The molecule has 0 bridgehead atoms. The van der Waals surface area contributed by atoms with Crippen LogP contribution in [-0.2, 0) is 9.45 Å². The molecular weight excluding hydrogens is 156 g/mol. The average Bonchev–Trinajstić information content (AvgIpc) is 1.60. The van der Waals surface area contributed by atoms with Crippen molar-refractivity contribution in [1.82, 2.24) is 0 Å². The quantitative estimate of drug-likeness (QED) is 0.483. The van der Waals surface area contributed by atoms with Gasteiger partial charge in [0, 0.05) is 0 Å². The Morgan fingerprint density at radius 3 is 1.90 bits per heavy atom. The van der Waals surface area contributed by atoms with E-state index in [2.05, 4.69) is 4.65 Å². The van der Waals surface area contributed by atoms with Crippen molar-refractivity contribution in [2.45, 2.75) is 6.18 Å². The largest absolute Gasteiger partial charge is 0.709 e. The van der Waals surface area contributed by atoms with Crippen molar-refractivity contribution >= 4 is 13.3 Å². The van der Waals surface area contributed by atoms with Crippen molar-refractivity contribution in [1.29, 1.82) is 0 Å². The Balaban J connectivity index is 3.87. The normalized spacial score (nSPS) is 10.9. The molecule has 0 radical (unpaired) electrons. The molecule has 0 amide bonds. The van der Waals surface area contributed by atoms with E-state index in [1.807, 2.05) is 0 Å². The summed E-state index contributed by atoms with van der Waals surface area (Å²) in [4.78, 5) is 9.61. The third-order valence-electron chi connectivity index (χ3n) is 0.444. The molecule has 0 saturated carbocycles. The van der Waals surface area contributed by atoms with Gasteiger partial charge in [-0.3, -0.25) is 0 Å². The Bertz CT molecular complexity index is 131. The topological polar surface area (TPSA) is 66.8 Å². The molecule has 58 valence electrons. The van der Waals surface area contributed by atoms with Gasteiger partial charge in [0.15, 0.2) is 0 Å². The molecule has 0 aromatic heterocycles. The number of carbonyl (C=O) groups excluding carboxylic acids is 1. The van der Waals surface area contributed by atoms with Crippen LogP contribution in [0.3, 0.4) is 0 Å². The van der Waals surface area contributed by atoms with Crippen LogP contribution < -0.4 is 0 Å². The third-order valence-corrected chi connectivity index (χ3v) is 0.444. The second kappa shape index (κ2) is 2.89. The molecule has 10 heavy (non-hydrogen) atoms. The van der Waals surface area contributed by atoms with Crippen molar-refractivity contribution < 1.29 is 32.7 Å². The van der Waals surface area contributed by atoms with E-state index >= 15 is 0 Å². The Hall–Kier alpha value is -0.755. The molecule has 0 fully saturated rings. The zero-order valence-corrected chi connectivity index (χ0v) is 4.42. The summed E-state index contributed by atoms with van der Waals surface area (Å²) in [6, 6.07) is 0. The maximum absolute atomic E-state index is 11.1. The van der Waals surface area contributed by atoms with E-state index in [9.17, 15) is 18.0 Å². The zero-order chi connectivity index (χ0) is 8.36. The van der Waals surface area contributed by atoms with Crippen molar-refractivity contribution in [2.24, 2.45) is 0 Å². The molecule has 0 aliphatic heterocycles. The second-order valence-electron chi connectivity index (χ2n) is 1.23. The second-order valence-corrected chi connectivity index (χ2v) is 1.23. The average molecular weight is 158 g/mol. The van der Waals surface area contributed by atoms with Gasteiger partial charge in [0.1, 0.15) is 0 Å². The first-order valence-electron chi connectivity index (χ1n) is 1.98. The summed E-state index contributed by atoms with van der Waals surface area (Å²) in [5, 5.41) is 15.4. The Labute approximate surface area is 53.4 Å². The van der Waals surface area contributed by atoms with Gasteiger partial charge in [0.2, 0.25) is 0 Å². The Kier molecular flexibility index (Phi) is 2.67. The first-order chi connectivity index (χ1) is 4.34. The van der Waals surface area contributed by atoms with Crippen molar-refractivity contribution in [2.75, 3.05) is 0 Å². The first-order valence-corrected chi connectivity index (χ1v) is 1.98. The van der Waals surface area contributed by atoms with Crippen LogP contribution in [-0.4, -0.2) is 29.5 Å². The van der Waals surface area contributed by atoms with Gasteiger partial charge in [-0.1, -0.05) is 0 Å². The van der Waals surface area contributed by atoms with Gasteiger partial charge in [-0.15, -0.1) is 0 Å². The fourth-order valence-electron chi connectivity index (χ4n) is 0.163. The van der Waals surface area contributed by atoms with Gasteiger partial charge in [-0.25, -0.2) is 4.79 Å². The lowest BCUT2D eigenvalue weighted by Gasteiger charge is -2.04. The number of alkyl halides is 3. The van der Waals surface area contributed by atoms with Crippen molar-refractivity contribution in [3.63, 3.8) is 0 Å². The molecule has 8 heteroatoms. The summed E-state index contributed by atoms with van der Waals surface area (Å²) < 4.78 is 36.3. The summed E-state index contributed by atoms with van der Waals surface area (Å²) in [6.07, 6.45) is -5.19. The number of hydrogen-bond acceptors (Lipinski definition) is 4. The molecule has 0 unspecified atom stereocenters. The lowest BCUT2D eigenvalue weighted by molar-refractivity contribution is -0.192. The molecule has 0 aromatic carbocycles. The minimum atomic E-state index is -5.19. The molecule has 4 nitrogen and oxygen atoms in total. The summed E-state index contributed by atoms with van der Waals surface area (Å²) in [5.74, 6) is -2.64. The minimum Gasteiger partial charge on any atom is -0.478 e. The highest BCUT2D eigenvalue weighted by Gasteiger charge is 2.42. The van der Waals surface area contributed by atoms with Crippen LogP contribution in [0.1, 0.15) is 0 Å². The SMILES string of the molecule is O=C(OB(O)O)C(F)(F)F. The monoisotopic (exact) mass is 158 g/mol. The molecule has 0 heterocycles. The van der Waals surface area contributed by atoms with Crippen LogP contribution in [0.2, 0.25) is 0 Å². The fraction of sp³-hybridized carbons (Fsp3) is 0.500. The molecule has 0 saturated heterocycles. The fourth-order valence-corrected chi connectivity index (χ4v) is 0.163. The predicted octanol–water partition coefficient (Wildman–Crippen LogP) is -0.939. The predicted molar refractivity (Wildman–Crippen MR) is 22.3 cm³/mol. The van der Waals surface area contributed by atoms with Gasteiger partial charge in [0.25, 0.3) is 0 Å². The summed E-state index contributed by atoms with van der Waals surface area (Å²) in [7, 11) is -2.73. The van der Waals surface area contributed by atoms with E-state index in [1.165, 1.54) is 0 Å². The smallest absolute Gasteiger partial charge is 0.478 e. The maximum atomic E-state index is 11.1. The van der Waals surface area contributed by atoms with Gasteiger partial charge in [0.05, 0.1) is 0 Å². The number of rotatable bonds is 1. The van der Waals surface area contributed by atoms with Crippen LogP contribution in [0, 0.1) is 0 Å². The van der Waals surface area contributed by atoms with Crippen LogP contribution in [0.25, 0.3) is 0 Å². The van der Waals surface area contributed by atoms with Gasteiger partial charge in [-0.05, 0) is 0 Å². The van der Waals surface area contributed by atoms with Crippen LogP contribution in [0.5, 0.6) is 0 Å². The summed E-state index contributed by atoms with van der Waals surface area (Å²) >= 11 is 0. The lowest BCUT2D eigenvalue weighted by Crippen LogP contribution is -2.32. The number of carbonyl (C=O) groups is 1. The maximum Gasteiger partial charge on any atom is 0.709 e. The van der Waals surface area contributed by atoms with Crippen LogP contribution >= 0.6 is 0 Å². The number of hydrogen-bond donors (Lipinski definition) is 2.